The molecule has 4 heterocycles. The van der Waals surface area contributed by atoms with Crippen LogP contribution in [0.15, 0.2) is 202 Å². The Kier molecular flexibility index (Phi) is 6.39. The second-order valence-corrected chi connectivity index (χ2v) is 18.1. The Morgan fingerprint density at radius 3 is 1.89 bits per heavy atom. The van der Waals surface area contributed by atoms with Crippen molar-refractivity contribution in [3.8, 4) is 23.0 Å². The number of thiophene rings is 1. The van der Waals surface area contributed by atoms with E-state index < -0.39 is 10.0 Å². The van der Waals surface area contributed by atoms with Crippen molar-refractivity contribution in [3.05, 3.63) is 182 Å². The molecule has 0 unspecified atom stereocenters. The maximum atomic E-state index is 6.79. The molecule has 0 amide bonds. The Bertz CT molecular complexity index is 2950. The summed E-state index contributed by atoms with van der Waals surface area (Å²) in [6, 6.07) is 66.6. The van der Waals surface area contributed by atoms with Crippen LogP contribution in [0.25, 0.3) is 20.2 Å². The zero-order valence-corrected chi connectivity index (χ0v) is 30.6. The van der Waals surface area contributed by atoms with Crippen LogP contribution in [-0.4, -0.2) is 6.71 Å². The van der Waals surface area contributed by atoms with Gasteiger partial charge in [0.05, 0.1) is 11.4 Å². The Labute approximate surface area is 319 Å². The quantitative estimate of drug-likeness (QED) is 0.169. The molecule has 3 aliphatic heterocycles. The van der Waals surface area contributed by atoms with Crippen molar-refractivity contribution in [1.29, 1.82) is 0 Å². The zero-order chi connectivity index (χ0) is 35.4. The molecule has 3 nitrogen and oxygen atoms in total. The number of hydrogen-bond acceptors (Lipinski definition) is 4. The smallest absolute Gasteiger partial charge is 0.260 e. The summed E-state index contributed by atoms with van der Waals surface area (Å²) in [5.41, 5.74) is 6.83. The van der Waals surface area contributed by atoms with Gasteiger partial charge in [0.15, 0.2) is 0 Å². The van der Waals surface area contributed by atoms with E-state index in [4.69, 9.17) is 9.47 Å². The molecule has 0 spiro atoms. The molecule has 54 heavy (non-hydrogen) atoms. The van der Waals surface area contributed by atoms with E-state index in [1.165, 1.54) is 51.1 Å². The van der Waals surface area contributed by atoms with E-state index in [0.717, 1.165) is 45.1 Å². The number of hydrogen-bond donors (Lipinski definition) is 0. The fraction of sp³-hybridized carbons (Fsp3) is 0. The molecular weight excluding hydrogens is 697 g/mol. The van der Waals surface area contributed by atoms with Gasteiger partial charge in [0, 0.05) is 57.0 Å². The largest absolute Gasteiger partial charge is 0.458 e. The molecular formula is C48H30BNO2S2. The Morgan fingerprint density at radius 1 is 0.444 bits per heavy atom. The molecule has 6 heteroatoms. The molecule has 0 atom stereocenters. The third kappa shape index (κ3) is 4.10. The average Bonchev–Trinajstić information content (AvgIpc) is 3.61. The highest BCUT2D eigenvalue weighted by Gasteiger charge is 2.44. The van der Waals surface area contributed by atoms with Gasteiger partial charge in [-0.05, 0) is 95.9 Å². The molecule has 0 bridgehead atoms. The minimum Gasteiger partial charge on any atom is -0.458 e. The van der Waals surface area contributed by atoms with Gasteiger partial charge in [-0.3, -0.25) is 0 Å². The summed E-state index contributed by atoms with van der Waals surface area (Å²) in [7, 11) is -1.94. The monoisotopic (exact) mass is 727 g/mol. The highest BCUT2D eigenvalue weighted by molar-refractivity contribution is 8.34. The van der Waals surface area contributed by atoms with E-state index >= 15 is 0 Å². The summed E-state index contributed by atoms with van der Waals surface area (Å²) >= 11 is 1.87. The predicted octanol–water partition coefficient (Wildman–Crippen LogP) is 11.9. The van der Waals surface area contributed by atoms with Gasteiger partial charge >= 0.3 is 0 Å². The maximum absolute atomic E-state index is 6.79. The van der Waals surface area contributed by atoms with Gasteiger partial charge < -0.3 is 14.4 Å². The normalized spacial score (nSPS) is 14.9. The average molecular weight is 728 g/mol. The molecule has 0 radical (unpaired) electrons. The highest BCUT2D eigenvalue weighted by Crippen LogP contribution is 2.79. The first-order chi connectivity index (χ1) is 26.8. The molecule has 0 aliphatic carbocycles. The van der Waals surface area contributed by atoms with Gasteiger partial charge in [0.25, 0.3) is 6.71 Å². The van der Waals surface area contributed by atoms with Crippen molar-refractivity contribution in [2.24, 2.45) is 0 Å². The van der Waals surface area contributed by atoms with Crippen molar-refractivity contribution in [2.75, 3.05) is 4.90 Å². The Hall–Kier alpha value is -6.21. The lowest BCUT2D eigenvalue weighted by Gasteiger charge is -2.50. The van der Waals surface area contributed by atoms with Crippen LogP contribution in [0, 0.1) is 0 Å². The van der Waals surface area contributed by atoms with E-state index in [1.54, 1.807) is 0 Å². The van der Waals surface area contributed by atoms with E-state index in [-0.39, 0.29) is 6.71 Å². The van der Waals surface area contributed by atoms with Crippen molar-refractivity contribution in [1.82, 2.24) is 0 Å². The number of para-hydroxylation sites is 3. The third-order valence-corrected chi connectivity index (χ3v) is 16.3. The minimum absolute atomic E-state index is 0.0261. The van der Waals surface area contributed by atoms with Crippen molar-refractivity contribution < 1.29 is 9.47 Å². The summed E-state index contributed by atoms with van der Waals surface area (Å²) in [4.78, 5) is 7.75. The van der Waals surface area contributed by atoms with Crippen LogP contribution in [0.2, 0.25) is 0 Å². The van der Waals surface area contributed by atoms with Crippen molar-refractivity contribution in [2.45, 2.75) is 19.6 Å². The number of anilines is 3. The first kappa shape index (κ1) is 30.3. The SMILES string of the molecule is c1ccc(S2(c3ccc4sc5ccccc5c4c3)c3ccccc3N(c3ccc4c(c3)Oc3cccc5c3B4c3ccccc3O5)c3ccccc32)cc1. The molecule has 9 aromatic rings. The van der Waals surface area contributed by atoms with E-state index in [9.17, 15) is 0 Å². The van der Waals surface area contributed by atoms with Crippen LogP contribution >= 0.6 is 21.4 Å². The lowest BCUT2D eigenvalue weighted by atomic mass is 9.35. The topological polar surface area (TPSA) is 21.7 Å². The Balaban J connectivity index is 1.10. The van der Waals surface area contributed by atoms with Crippen molar-refractivity contribution in [3.63, 3.8) is 0 Å². The lowest BCUT2D eigenvalue weighted by Crippen LogP contribution is -2.57. The van der Waals surface area contributed by atoms with Crippen LogP contribution < -0.4 is 30.8 Å². The fourth-order valence-corrected chi connectivity index (χ4v) is 14.2. The molecule has 0 saturated heterocycles. The van der Waals surface area contributed by atoms with Gasteiger partial charge in [-0.1, -0.05) is 91.0 Å². The van der Waals surface area contributed by atoms with Gasteiger partial charge in [0.1, 0.15) is 23.0 Å². The molecule has 0 saturated carbocycles. The second kappa shape index (κ2) is 11.4. The lowest BCUT2D eigenvalue weighted by molar-refractivity contribution is 0.464. The third-order valence-electron chi connectivity index (χ3n) is 11.2. The summed E-state index contributed by atoms with van der Waals surface area (Å²) in [5, 5.41) is 2.63. The number of fused-ring (bicyclic) bond motifs is 9. The van der Waals surface area contributed by atoms with E-state index in [1.807, 2.05) is 29.5 Å². The van der Waals surface area contributed by atoms with Crippen LogP contribution in [0.3, 0.4) is 0 Å². The minimum atomic E-state index is -1.94. The molecule has 1 aromatic heterocycles. The number of ether oxygens (including phenoxy) is 2. The van der Waals surface area contributed by atoms with E-state index in [2.05, 4.69) is 169 Å². The van der Waals surface area contributed by atoms with Gasteiger partial charge in [-0.2, -0.15) is 0 Å². The van der Waals surface area contributed by atoms with Crippen molar-refractivity contribution >= 4 is 81.7 Å². The molecule has 3 aliphatic rings. The Morgan fingerprint density at radius 2 is 1.07 bits per heavy atom. The first-order valence-electron chi connectivity index (χ1n) is 18.3. The first-order valence-corrected chi connectivity index (χ1v) is 20.7. The summed E-state index contributed by atoms with van der Waals surface area (Å²) in [6.45, 7) is 0.0261. The van der Waals surface area contributed by atoms with Crippen LogP contribution in [0.5, 0.6) is 23.0 Å². The maximum Gasteiger partial charge on any atom is 0.260 e. The van der Waals surface area contributed by atoms with E-state index in [0.29, 0.717) is 0 Å². The van der Waals surface area contributed by atoms with Gasteiger partial charge in [-0.15, -0.1) is 21.4 Å². The molecule has 0 N–H and O–H groups in total. The van der Waals surface area contributed by atoms with Gasteiger partial charge in [-0.25, -0.2) is 0 Å². The number of nitrogens with zero attached hydrogens (tertiary/aromatic N) is 1. The predicted molar refractivity (Wildman–Crippen MR) is 225 cm³/mol. The summed E-state index contributed by atoms with van der Waals surface area (Å²) < 4.78 is 15.8. The second-order valence-electron chi connectivity index (χ2n) is 14.0. The number of benzene rings is 8. The van der Waals surface area contributed by atoms with Crippen LogP contribution in [0.1, 0.15) is 0 Å². The number of rotatable bonds is 3. The van der Waals surface area contributed by atoms with Crippen LogP contribution in [-0.2, 0) is 0 Å². The highest BCUT2D eigenvalue weighted by atomic mass is 32.3. The van der Waals surface area contributed by atoms with Crippen LogP contribution in [0.4, 0.5) is 17.1 Å². The molecule has 8 aromatic carbocycles. The molecule has 254 valence electrons. The molecule has 12 rings (SSSR count). The van der Waals surface area contributed by atoms with Gasteiger partial charge in [0.2, 0.25) is 0 Å². The molecule has 0 fully saturated rings. The fourth-order valence-electron chi connectivity index (χ4n) is 9.00. The standard InChI is InChI=1S/C48H30BNO2S2/c1-2-13-32(14-3-1)54(33-26-28-45-35(30-33)34-15-4-9-22-44(34)53-45)46-23-10-6-17-38(46)50(39-18-7-11-24-47(39)54)31-25-27-37-43(29-31)52-42-21-12-20-41-48(42)49(37)36-16-5-8-19-40(36)51-41/h1-30H. The summed E-state index contributed by atoms with van der Waals surface area (Å²) in [5.74, 6) is 3.48. The zero-order valence-electron chi connectivity index (χ0n) is 29.0. The summed E-state index contributed by atoms with van der Waals surface area (Å²) in [6.07, 6.45) is 0.